The summed E-state index contributed by atoms with van der Waals surface area (Å²) in [5, 5.41) is 0. The van der Waals surface area contributed by atoms with Gasteiger partial charge in [-0.25, -0.2) is 4.39 Å². The molecule has 5 heteroatoms. The highest BCUT2D eigenvalue weighted by Gasteiger charge is 2.12. The van der Waals surface area contributed by atoms with E-state index in [1.165, 1.54) is 14.2 Å². The minimum absolute atomic E-state index is 0.346. The summed E-state index contributed by atoms with van der Waals surface area (Å²) in [6.07, 6.45) is 0. The highest BCUT2D eigenvalue weighted by Crippen LogP contribution is 2.38. The van der Waals surface area contributed by atoms with Gasteiger partial charge in [-0.2, -0.15) is 0 Å². The van der Waals surface area contributed by atoms with E-state index in [9.17, 15) is 4.39 Å². The van der Waals surface area contributed by atoms with Gasteiger partial charge in [-0.15, -0.1) is 0 Å². The van der Waals surface area contributed by atoms with Crippen molar-refractivity contribution in [1.29, 1.82) is 0 Å². The molecule has 1 rings (SSSR count). The maximum atomic E-state index is 12.0. The molecule has 0 unspecified atom stereocenters. The molecule has 0 atom stereocenters. The van der Waals surface area contributed by atoms with Crippen LogP contribution < -0.4 is 14.2 Å². The summed E-state index contributed by atoms with van der Waals surface area (Å²) in [6, 6.07) is 3.46. The third kappa shape index (κ3) is 2.40. The second kappa shape index (κ2) is 5.23. The molecule has 0 N–H and O–H groups in total. The number of benzene rings is 1. The Bertz CT molecular complexity index is 317. The van der Waals surface area contributed by atoms with Gasteiger partial charge in [-0.1, -0.05) is 0 Å². The van der Waals surface area contributed by atoms with Crippen molar-refractivity contribution < 1.29 is 18.6 Å². The first kappa shape index (κ1) is 11.4. The minimum atomic E-state index is -0.889. The number of ether oxygens (including phenoxy) is 3. The van der Waals surface area contributed by atoms with Crippen LogP contribution in [0.4, 0.5) is 4.39 Å². The fraction of sp³-hybridized carbons (Fsp3) is 0.333. The average Bonchev–Trinajstić information content (AvgIpc) is 2.17. The van der Waals surface area contributed by atoms with E-state index in [4.69, 9.17) is 14.2 Å². The van der Waals surface area contributed by atoms with Gasteiger partial charge in [0.25, 0.3) is 0 Å². The van der Waals surface area contributed by atoms with Crippen LogP contribution in [0.1, 0.15) is 0 Å². The van der Waals surface area contributed by atoms with E-state index in [2.05, 4.69) is 22.6 Å². The van der Waals surface area contributed by atoms with Crippen molar-refractivity contribution in [2.24, 2.45) is 0 Å². The summed E-state index contributed by atoms with van der Waals surface area (Å²) in [5.74, 6) is 1.28. The summed E-state index contributed by atoms with van der Waals surface area (Å²) in [7, 11) is 3.00. The molecule has 0 radical (unpaired) electrons. The van der Waals surface area contributed by atoms with Crippen molar-refractivity contribution in [1.82, 2.24) is 0 Å². The molecule has 14 heavy (non-hydrogen) atoms. The predicted molar refractivity (Wildman–Crippen MR) is 58.9 cm³/mol. The van der Waals surface area contributed by atoms with Crippen molar-refractivity contribution in [2.45, 2.75) is 0 Å². The largest absolute Gasteiger partial charge is 0.493 e. The molecule has 0 bridgehead atoms. The van der Waals surface area contributed by atoms with Crippen molar-refractivity contribution in [3.63, 3.8) is 0 Å². The molecule has 0 spiro atoms. The first-order chi connectivity index (χ1) is 6.72. The first-order valence-electron chi connectivity index (χ1n) is 3.83. The number of methoxy groups -OCH3 is 2. The summed E-state index contributed by atoms with van der Waals surface area (Å²) in [6.45, 7) is -0.889. The van der Waals surface area contributed by atoms with E-state index >= 15 is 0 Å². The summed E-state index contributed by atoms with van der Waals surface area (Å²) in [5.41, 5.74) is 0. The van der Waals surface area contributed by atoms with Crippen LogP contribution in [-0.2, 0) is 0 Å². The number of halogens is 2. The van der Waals surface area contributed by atoms with E-state index in [1.54, 1.807) is 12.1 Å². The Morgan fingerprint density at radius 1 is 1.21 bits per heavy atom. The maximum Gasteiger partial charge on any atom is 0.228 e. The lowest BCUT2D eigenvalue weighted by Gasteiger charge is -2.12. The lowest BCUT2D eigenvalue weighted by atomic mass is 10.3. The molecule has 0 heterocycles. The van der Waals surface area contributed by atoms with Crippen LogP contribution in [0, 0.1) is 3.57 Å². The standard InChI is InChI=1S/C9H10FIO3/c1-12-7-3-6(11)4-8(14-5-10)9(7)13-2/h3-4H,5H2,1-2H3. The Hall–Kier alpha value is -0.720. The van der Waals surface area contributed by atoms with Gasteiger partial charge in [0.05, 0.1) is 14.2 Å². The summed E-state index contributed by atoms with van der Waals surface area (Å²) >= 11 is 2.09. The van der Waals surface area contributed by atoms with Gasteiger partial charge in [-0.05, 0) is 34.7 Å². The second-order valence-corrected chi connectivity index (χ2v) is 3.64. The molecule has 0 aromatic heterocycles. The maximum absolute atomic E-state index is 12.0. The fourth-order valence-corrected chi connectivity index (χ4v) is 1.63. The Kier molecular flexibility index (Phi) is 4.24. The molecule has 0 aliphatic heterocycles. The zero-order chi connectivity index (χ0) is 10.6. The van der Waals surface area contributed by atoms with Crippen LogP contribution >= 0.6 is 22.6 Å². The Morgan fingerprint density at radius 2 is 1.86 bits per heavy atom. The first-order valence-corrected chi connectivity index (χ1v) is 4.91. The van der Waals surface area contributed by atoms with E-state index in [0.717, 1.165) is 3.57 Å². The normalized spacial score (nSPS) is 9.71. The molecule has 0 saturated heterocycles. The molecule has 0 aliphatic rings. The van der Waals surface area contributed by atoms with Crippen molar-refractivity contribution >= 4 is 22.6 Å². The Labute approximate surface area is 95.3 Å². The molecule has 0 aliphatic carbocycles. The van der Waals surface area contributed by atoms with Crippen molar-refractivity contribution in [3.8, 4) is 17.2 Å². The van der Waals surface area contributed by atoms with Crippen LogP contribution in [-0.4, -0.2) is 21.1 Å². The zero-order valence-corrected chi connectivity index (χ0v) is 10.00. The molecule has 78 valence electrons. The number of hydrogen-bond donors (Lipinski definition) is 0. The van der Waals surface area contributed by atoms with Gasteiger partial charge in [0.15, 0.2) is 11.5 Å². The van der Waals surface area contributed by atoms with E-state index < -0.39 is 6.86 Å². The summed E-state index contributed by atoms with van der Waals surface area (Å²) in [4.78, 5) is 0. The smallest absolute Gasteiger partial charge is 0.228 e. The lowest BCUT2D eigenvalue weighted by molar-refractivity contribution is 0.183. The van der Waals surface area contributed by atoms with E-state index in [0.29, 0.717) is 17.2 Å². The quantitative estimate of drug-likeness (QED) is 0.800. The predicted octanol–water partition coefficient (Wildman–Crippen LogP) is 2.61. The van der Waals surface area contributed by atoms with Gasteiger partial charge in [0, 0.05) is 3.57 Å². The molecule has 0 amide bonds. The number of hydrogen-bond acceptors (Lipinski definition) is 3. The molecular formula is C9H10FIO3. The monoisotopic (exact) mass is 312 g/mol. The van der Waals surface area contributed by atoms with Crippen LogP contribution in [0.25, 0.3) is 0 Å². The van der Waals surface area contributed by atoms with Crippen LogP contribution in [0.5, 0.6) is 17.2 Å². The van der Waals surface area contributed by atoms with Crippen molar-refractivity contribution in [3.05, 3.63) is 15.7 Å². The zero-order valence-electron chi connectivity index (χ0n) is 7.84. The number of rotatable bonds is 4. The number of alkyl halides is 1. The van der Waals surface area contributed by atoms with Gasteiger partial charge < -0.3 is 14.2 Å². The molecule has 0 fully saturated rings. The highest BCUT2D eigenvalue weighted by molar-refractivity contribution is 14.1. The third-order valence-corrected chi connectivity index (χ3v) is 2.24. The molecule has 0 saturated carbocycles. The highest BCUT2D eigenvalue weighted by atomic mass is 127. The topological polar surface area (TPSA) is 27.7 Å². The Morgan fingerprint density at radius 3 is 2.36 bits per heavy atom. The molecular weight excluding hydrogens is 302 g/mol. The lowest BCUT2D eigenvalue weighted by Crippen LogP contribution is -1.97. The van der Waals surface area contributed by atoms with E-state index in [1.807, 2.05) is 0 Å². The van der Waals surface area contributed by atoms with Gasteiger partial charge in [0.2, 0.25) is 12.6 Å². The molecule has 1 aromatic rings. The second-order valence-electron chi connectivity index (χ2n) is 2.39. The van der Waals surface area contributed by atoms with Crippen LogP contribution in [0.15, 0.2) is 12.1 Å². The van der Waals surface area contributed by atoms with Gasteiger partial charge >= 0.3 is 0 Å². The summed E-state index contributed by atoms with van der Waals surface area (Å²) < 4.78 is 27.8. The molecule has 3 nitrogen and oxygen atoms in total. The van der Waals surface area contributed by atoms with Crippen LogP contribution in [0.2, 0.25) is 0 Å². The third-order valence-electron chi connectivity index (χ3n) is 1.62. The minimum Gasteiger partial charge on any atom is -0.493 e. The SMILES string of the molecule is COc1cc(I)cc(OCF)c1OC. The fourth-order valence-electron chi connectivity index (χ4n) is 1.06. The van der Waals surface area contributed by atoms with Crippen LogP contribution in [0.3, 0.4) is 0 Å². The van der Waals surface area contributed by atoms with Crippen molar-refractivity contribution in [2.75, 3.05) is 21.1 Å². The van der Waals surface area contributed by atoms with Gasteiger partial charge in [-0.3, -0.25) is 0 Å². The Balaban J connectivity index is 3.17. The average molecular weight is 312 g/mol. The molecule has 1 aromatic carbocycles. The van der Waals surface area contributed by atoms with E-state index in [-0.39, 0.29) is 0 Å². The van der Waals surface area contributed by atoms with Gasteiger partial charge in [0.1, 0.15) is 0 Å².